The van der Waals surface area contributed by atoms with Crippen molar-refractivity contribution in [1.29, 1.82) is 0 Å². The Morgan fingerprint density at radius 1 is 0.398 bits per heavy atom. The van der Waals surface area contributed by atoms with Crippen LogP contribution in [0.5, 0.6) is 0 Å². The van der Waals surface area contributed by atoms with Crippen molar-refractivity contribution in [2.24, 2.45) is 0 Å². The summed E-state index contributed by atoms with van der Waals surface area (Å²) in [7, 11) is 1.56. The number of amides is 1. The minimum absolute atomic E-state index is 0.0532. The topological polar surface area (TPSA) is 105 Å². The Bertz CT molecular complexity index is 1710. The van der Waals surface area contributed by atoms with Crippen LogP contribution in [0.15, 0.2) is 85.1 Å². The fourth-order valence-electron chi connectivity index (χ4n) is 11.2. The van der Waals surface area contributed by atoms with Gasteiger partial charge in [0.15, 0.2) is 0 Å². The van der Waals surface area contributed by atoms with Gasteiger partial charge in [-0.3, -0.25) is 13.8 Å². The molecule has 1 amide bonds. The van der Waals surface area contributed by atoms with Gasteiger partial charge in [0.2, 0.25) is 5.91 Å². The summed E-state index contributed by atoms with van der Waals surface area (Å²) in [6, 6.07) is -0.873. The zero-order valence-corrected chi connectivity index (χ0v) is 59.9. The van der Waals surface area contributed by atoms with Crippen LogP contribution in [0, 0.1) is 0 Å². The van der Waals surface area contributed by atoms with Gasteiger partial charge in [-0.05, 0) is 83.5 Å². The van der Waals surface area contributed by atoms with E-state index in [9.17, 15) is 19.4 Å². The van der Waals surface area contributed by atoms with Crippen molar-refractivity contribution in [2.75, 3.05) is 40.9 Å². The van der Waals surface area contributed by atoms with Crippen molar-refractivity contribution in [1.82, 2.24) is 5.32 Å². The van der Waals surface area contributed by atoms with E-state index in [0.29, 0.717) is 17.4 Å². The van der Waals surface area contributed by atoms with Gasteiger partial charge in [-0.15, -0.1) is 0 Å². The molecule has 0 aliphatic heterocycles. The first-order valence-electron chi connectivity index (χ1n) is 38.0. The number of carbonyl (C=O) groups excluding carboxylic acids is 1. The summed E-state index contributed by atoms with van der Waals surface area (Å²) in [5.74, 6) is -0.185. The SMILES string of the molecule is CC/C=C\C/C=C\C/C=C\C/C=C\CCCCCCCCCCCCCCCCCCCCCCCCCCCCC(=O)NC(COP(=O)(O)OCC[N+](C)(C)C)C(O)/C=C/CC/C=C/CC/C=C/CCCCCCCCCCCCCCCCCCC. The molecule has 0 saturated carbocycles. The fourth-order valence-corrected chi connectivity index (χ4v) is 12.0. The highest BCUT2D eigenvalue weighted by atomic mass is 31.2. The Balaban J connectivity index is 4.00. The lowest BCUT2D eigenvalue weighted by molar-refractivity contribution is -0.870. The lowest BCUT2D eigenvalue weighted by atomic mass is 10.0. The normalized spacial score (nSPS) is 14.0. The summed E-state index contributed by atoms with van der Waals surface area (Å²) in [5.41, 5.74) is 0. The summed E-state index contributed by atoms with van der Waals surface area (Å²) in [5, 5.41) is 14.0. The predicted octanol–water partition coefficient (Wildman–Crippen LogP) is 24.7. The van der Waals surface area contributed by atoms with Crippen LogP contribution in [-0.4, -0.2) is 73.4 Å². The molecule has 0 aromatic rings. The smallest absolute Gasteiger partial charge is 0.387 e. The number of likely N-dealkylation sites (N-methyl/N-ethyl adjacent to an activating group) is 1. The van der Waals surface area contributed by atoms with Crippen LogP contribution in [0.1, 0.15) is 361 Å². The van der Waals surface area contributed by atoms with Crippen molar-refractivity contribution in [3.63, 3.8) is 0 Å². The van der Waals surface area contributed by atoms with E-state index in [4.69, 9.17) is 9.05 Å². The Kier molecular flexibility index (Phi) is 67.2. The quantitative estimate of drug-likeness (QED) is 0.0243. The number of aliphatic hydroxyl groups excluding tert-OH is 1. The molecule has 0 heterocycles. The first kappa shape index (κ1) is 85.7. The maximum Gasteiger partial charge on any atom is 0.472 e. The number of unbranched alkanes of at least 4 members (excludes halogenated alkanes) is 45. The van der Waals surface area contributed by atoms with Crippen LogP contribution in [0.2, 0.25) is 0 Å². The lowest BCUT2D eigenvalue weighted by Crippen LogP contribution is -2.45. The zero-order chi connectivity index (χ0) is 64.1. The highest BCUT2D eigenvalue weighted by Crippen LogP contribution is 2.43. The molecule has 3 N–H and O–H groups in total. The largest absolute Gasteiger partial charge is 0.472 e. The molecular formula is C79H148N2O6P+. The van der Waals surface area contributed by atoms with Crippen molar-refractivity contribution < 1.29 is 32.9 Å². The Morgan fingerprint density at radius 2 is 0.693 bits per heavy atom. The van der Waals surface area contributed by atoms with E-state index in [0.717, 1.165) is 70.6 Å². The molecule has 0 aliphatic carbocycles. The molecule has 0 rings (SSSR count). The number of nitrogens with zero attached hydrogens (tertiary/aromatic N) is 1. The summed E-state index contributed by atoms with van der Waals surface area (Å²) < 4.78 is 23.8. The van der Waals surface area contributed by atoms with Crippen molar-refractivity contribution in [3.05, 3.63) is 85.1 Å². The Morgan fingerprint density at radius 3 is 1.05 bits per heavy atom. The average molecular weight is 1250 g/mol. The summed E-state index contributed by atoms with van der Waals surface area (Å²) in [4.78, 5) is 23.4. The van der Waals surface area contributed by atoms with Gasteiger partial charge in [-0.25, -0.2) is 4.57 Å². The number of phosphoric ester groups is 1. The minimum atomic E-state index is -4.37. The van der Waals surface area contributed by atoms with Crippen LogP contribution in [0.4, 0.5) is 0 Å². The lowest BCUT2D eigenvalue weighted by Gasteiger charge is -2.25. The van der Waals surface area contributed by atoms with Crippen molar-refractivity contribution in [2.45, 2.75) is 373 Å². The maximum atomic E-state index is 13.1. The van der Waals surface area contributed by atoms with E-state index in [-0.39, 0.29) is 19.1 Å². The summed E-state index contributed by atoms with van der Waals surface area (Å²) >= 11 is 0. The van der Waals surface area contributed by atoms with Gasteiger partial charge >= 0.3 is 7.82 Å². The predicted molar refractivity (Wildman–Crippen MR) is 387 cm³/mol. The van der Waals surface area contributed by atoms with E-state index in [1.165, 1.54) is 270 Å². The number of hydrogen-bond acceptors (Lipinski definition) is 5. The van der Waals surface area contributed by atoms with Gasteiger partial charge in [0.25, 0.3) is 0 Å². The number of rotatable bonds is 70. The number of nitrogens with one attached hydrogen (secondary N) is 1. The van der Waals surface area contributed by atoms with E-state index in [1.807, 2.05) is 27.2 Å². The van der Waals surface area contributed by atoms with Crippen LogP contribution in [0.3, 0.4) is 0 Å². The molecule has 88 heavy (non-hydrogen) atoms. The number of carbonyl (C=O) groups is 1. The summed E-state index contributed by atoms with van der Waals surface area (Å²) in [6.45, 7) is 4.72. The molecule has 3 unspecified atom stereocenters. The minimum Gasteiger partial charge on any atom is -0.387 e. The summed E-state index contributed by atoms with van der Waals surface area (Å²) in [6.07, 6.45) is 99.1. The monoisotopic (exact) mass is 1250 g/mol. The van der Waals surface area contributed by atoms with Gasteiger partial charge in [0.05, 0.1) is 39.9 Å². The first-order valence-corrected chi connectivity index (χ1v) is 39.5. The second-order valence-corrected chi connectivity index (χ2v) is 28.4. The number of aliphatic hydroxyl groups is 1. The third-order valence-corrected chi connectivity index (χ3v) is 18.1. The van der Waals surface area contributed by atoms with Crippen molar-refractivity contribution >= 4 is 13.7 Å². The molecule has 0 bridgehead atoms. The van der Waals surface area contributed by atoms with Gasteiger partial charge in [0, 0.05) is 6.42 Å². The second kappa shape index (κ2) is 69.0. The molecular weight excluding hydrogens is 1100 g/mol. The Hall–Kier alpha value is -2.32. The fraction of sp³-hybridized carbons (Fsp3) is 0.810. The number of hydrogen-bond donors (Lipinski definition) is 3. The van der Waals surface area contributed by atoms with Gasteiger partial charge in [-0.2, -0.15) is 0 Å². The van der Waals surface area contributed by atoms with Crippen LogP contribution in [0.25, 0.3) is 0 Å². The second-order valence-electron chi connectivity index (χ2n) is 27.0. The number of phosphoric acid groups is 1. The van der Waals surface area contributed by atoms with Gasteiger partial charge < -0.3 is 19.8 Å². The molecule has 0 fully saturated rings. The molecule has 0 spiro atoms. The zero-order valence-electron chi connectivity index (χ0n) is 59.0. The number of quaternary nitrogens is 1. The molecule has 514 valence electrons. The van der Waals surface area contributed by atoms with E-state index < -0.39 is 20.0 Å². The maximum absolute atomic E-state index is 13.1. The van der Waals surface area contributed by atoms with Crippen molar-refractivity contribution in [3.8, 4) is 0 Å². The van der Waals surface area contributed by atoms with Crippen LogP contribution in [-0.2, 0) is 18.4 Å². The van der Waals surface area contributed by atoms with E-state index >= 15 is 0 Å². The van der Waals surface area contributed by atoms with E-state index in [1.54, 1.807) is 6.08 Å². The Labute approximate surface area is 547 Å². The highest BCUT2D eigenvalue weighted by molar-refractivity contribution is 7.47. The van der Waals surface area contributed by atoms with Gasteiger partial charge in [0.1, 0.15) is 13.2 Å². The van der Waals surface area contributed by atoms with Gasteiger partial charge in [-0.1, -0.05) is 356 Å². The highest BCUT2D eigenvalue weighted by Gasteiger charge is 2.28. The molecule has 0 saturated heterocycles. The van der Waals surface area contributed by atoms with Crippen LogP contribution < -0.4 is 5.32 Å². The molecule has 0 aliphatic rings. The molecule has 8 nitrogen and oxygen atoms in total. The molecule has 0 aromatic carbocycles. The average Bonchev–Trinajstić information content (AvgIpc) is 3.70. The first-order chi connectivity index (χ1) is 43.0. The number of allylic oxidation sites excluding steroid dienone is 13. The molecule has 0 aromatic heterocycles. The third-order valence-electron chi connectivity index (χ3n) is 17.1. The molecule has 9 heteroatoms. The molecule has 0 radical (unpaired) electrons. The van der Waals surface area contributed by atoms with E-state index in [2.05, 4.69) is 92.1 Å². The molecule has 3 atom stereocenters. The standard InChI is InChI=1S/C79H147N2O6P/c1-6-8-10-12-14-16-18-20-22-24-26-28-30-32-34-35-36-37-38-39-40-41-42-43-44-45-47-49-51-53-55-57-59-61-63-65-67-69-71-73-79(83)80-77(76-87-88(84,85)86-75-74-81(3,4)5)78(82)72-70-68-66-64-62-60-58-56-54-52-50-48-46-33-31-29-27-25-23-21-19-17-15-13-11-9-7-2/h8,10,14,16,20,22,26,28,54,56,62,64,70,72,77-78,82H,6-7,9,11-13,15,17-19,21,23-25,27,29-53,55,57-61,63,65-69,71,73-76H2,1-5H3,(H-,80,83,84,85)/p+1/b10-8-,16-14-,22-20-,28-26-,56-54+,64-62+,72-70+. The van der Waals surface area contributed by atoms with Crippen LogP contribution >= 0.6 is 7.82 Å². The third kappa shape index (κ3) is 71.1.